The highest BCUT2D eigenvalue weighted by atomic mass is 32.2. The van der Waals surface area contributed by atoms with Gasteiger partial charge in [-0.05, 0) is 24.0 Å². The predicted molar refractivity (Wildman–Crippen MR) is 57.1 cm³/mol. The molecule has 1 heterocycles. The first-order valence-electron chi connectivity index (χ1n) is 4.35. The molecule has 0 aliphatic rings. The van der Waals surface area contributed by atoms with Crippen molar-refractivity contribution in [3.05, 3.63) is 24.5 Å². The van der Waals surface area contributed by atoms with Crippen molar-refractivity contribution in [1.82, 2.24) is 9.55 Å². The number of benzene rings is 1. The minimum Gasteiger partial charge on any atom is -0.334 e. The highest BCUT2D eigenvalue weighted by Gasteiger charge is 1.99. The van der Waals surface area contributed by atoms with Gasteiger partial charge in [0, 0.05) is 11.9 Å². The van der Waals surface area contributed by atoms with E-state index in [1.807, 2.05) is 29.7 Å². The number of aromatic nitrogens is 2. The number of imidazole rings is 1. The summed E-state index contributed by atoms with van der Waals surface area (Å²) in [5, 5.41) is 0. The lowest BCUT2D eigenvalue weighted by Crippen LogP contribution is -1.83. The maximum Gasteiger partial charge on any atom is 0.0955 e. The molecule has 2 aromatic rings. The largest absolute Gasteiger partial charge is 0.334 e. The molecular weight excluding hydrogens is 180 g/mol. The zero-order valence-corrected chi connectivity index (χ0v) is 8.64. The van der Waals surface area contributed by atoms with Crippen LogP contribution in [0.1, 0.15) is 6.92 Å². The third-order valence-electron chi connectivity index (χ3n) is 2.01. The molecule has 0 radical (unpaired) electrons. The monoisotopic (exact) mass is 192 g/mol. The first kappa shape index (κ1) is 8.63. The molecule has 13 heavy (non-hydrogen) atoms. The molecule has 3 heteroatoms. The number of nitrogens with zero attached hydrogens (tertiary/aromatic N) is 2. The van der Waals surface area contributed by atoms with Crippen LogP contribution >= 0.6 is 11.8 Å². The quantitative estimate of drug-likeness (QED) is 0.681. The van der Waals surface area contributed by atoms with Gasteiger partial charge < -0.3 is 4.57 Å². The fourth-order valence-electron chi connectivity index (χ4n) is 1.37. The van der Waals surface area contributed by atoms with Crippen LogP contribution in [0.5, 0.6) is 0 Å². The average molecular weight is 192 g/mol. The molecule has 1 aromatic heterocycles. The van der Waals surface area contributed by atoms with Gasteiger partial charge in [0.25, 0.3) is 0 Å². The first-order valence-corrected chi connectivity index (χ1v) is 5.33. The highest BCUT2D eigenvalue weighted by Crippen LogP contribution is 2.21. The van der Waals surface area contributed by atoms with Crippen molar-refractivity contribution in [2.45, 2.75) is 11.8 Å². The first-order chi connectivity index (χ1) is 6.31. The van der Waals surface area contributed by atoms with E-state index in [1.54, 1.807) is 0 Å². The van der Waals surface area contributed by atoms with Crippen LogP contribution in [0.3, 0.4) is 0 Å². The second-order valence-electron chi connectivity index (χ2n) is 2.94. The summed E-state index contributed by atoms with van der Waals surface area (Å²) < 4.78 is 2.04. The molecule has 0 fully saturated rings. The van der Waals surface area contributed by atoms with Gasteiger partial charge in [-0.2, -0.15) is 0 Å². The van der Waals surface area contributed by atoms with Gasteiger partial charge in [0.05, 0.1) is 17.4 Å². The third-order valence-corrected chi connectivity index (χ3v) is 2.88. The molecular formula is C10H12N2S. The Morgan fingerprint density at radius 1 is 1.46 bits per heavy atom. The summed E-state index contributed by atoms with van der Waals surface area (Å²) in [5.74, 6) is 1.11. The van der Waals surface area contributed by atoms with Crippen molar-refractivity contribution in [3.8, 4) is 0 Å². The number of rotatable bonds is 2. The Balaban J connectivity index is 2.50. The van der Waals surface area contributed by atoms with Crippen LogP contribution in [0.4, 0.5) is 0 Å². The standard InChI is InChI=1S/C10H12N2S/c1-3-13-8-4-5-10-9(6-8)11-7-12(10)2/h4-7H,3H2,1-2H3. The smallest absolute Gasteiger partial charge is 0.0955 e. The fourth-order valence-corrected chi connectivity index (χ4v) is 2.06. The molecule has 0 aliphatic carbocycles. The van der Waals surface area contributed by atoms with Crippen LogP contribution < -0.4 is 0 Å². The summed E-state index contributed by atoms with van der Waals surface area (Å²) >= 11 is 1.85. The van der Waals surface area contributed by atoms with E-state index in [9.17, 15) is 0 Å². The Hall–Kier alpha value is -0.960. The predicted octanol–water partition coefficient (Wildman–Crippen LogP) is 2.69. The lowest BCUT2D eigenvalue weighted by atomic mass is 10.3. The van der Waals surface area contributed by atoms with E-state index in [4.69, 9.17) is 0 Å². The molecule has 0 atom stereocenters. The zero-order valence-electron chi connectivity index (χ0n) is 7.82. The molecule has 0 amide bonds. The van der Waals surface area contributed by atoms with E-state index in [0.29, 0.717) is 0 Å². The molecule has 0 saturated heterocycles. The average Bonchev–Trinajstić information content (AvgIpc) is 2.48. The lowest BCUT2D eigenvalue weighted by molar-refractivity contribution is 0.947. The Morgan fingerprint density at radius 3 is 3.08 bits per heavy atom. The molecule has 68 valence electrons. The van der Waals surface area contributed by atoms with Crippen LogP contribution in [0, 0.1) is 0 Å². The summed E-state index contributed by atoms with van der Waals surface area (Å²) in [6.07, 6.45) is 1.85. The van der Waals surface area contributed by atoms with E-state index in [0.717, 1.165) is 11.3 Å². The van der Waals surface area contributed by atoms with Crippen molar-refractivity contribution < 1.29 is 0 Å². The van der Waals surface area contributed by atoms with E-state index >= 15 is 0 Å². The van der Waals surface area contributed by atoms with Gasteiger partial charge >= 0.3 is 0 Å². The molecule has 2 nitrogen and oxygen atoms in total. The summed E-state index contributed by atoms with van der Waals surface area (Å²) in [6, 6.07) is 6.42. The van der Waals surface area contributed by atoms with Gasteiger partial charge in [-0.25, -0.2) is 4.98 Å². The highest BCUT2D eigenvalue weighted by molar-refractivity contribution is 7.99. The minimum atomic E-state index is 1.08. The van der Waals surface area contributed by atoms with Gasteiger partial charge in [-0.15, -0.1) is 11.8 Å². The van der Waals surface area contributed by atoms with Gasteiger partial charge in [0.15, 0.2) is 0 Å². The second kappa shape index (κ2) is 3.42. The Kier molecular flexibility index (Phi) is 2.27. The lowest BCUT2D eigenvalue weighted by Gasteiger charge is -1.98. The van der Waals surface area contributed by atoms with E-state index < -0.39 is 0 Å². The second-order valence-corrected chi connectivity index (χ2v) is 4.28. The van der Waals surface area contributed by atoms with Crippen molar-refractivity contribution in [2.75, 3.05) is 5.75 Å². The van der Waals surface area contributed by atoms with Crippen molar-refractivity contribution in [2.24, 2.45) is 7.05 Å². The zero-order chi connectivity index (χ0) is 9.26. The maximum atomic E-state index is 4.31. The van der Waals surface area contributed by atoms with E-state index in [-0.39, 0.29) is 0 Å². The van der Waals surface area contributed by atoms with Crippen molar-refractivity contribution in [1.29, 1.82) is 0 Å². The van der Waals surface area contributed by atoms with Crippen LogP contribution in [-0.4, -0.2) is 15.3 Å². The number of aryl methyl sites for hydroxylation is 1. The van der Waals surface area contributed by atoms with Gasteiger partial charge in [0.2, 0.25) is 0 Å². The topological polar surface area (TPSA) is 17.8 Å². The summed E-state index contributed by atoms with van der Waals surface area (Å²) in [7, 11) is 2.02. The summed E-state index contributed by atoms with van der Waals surface area (Å²) in [6.45, 7) is 2.16. The summed E-state index contributed by atoms with van der Waals surface area (Å²) in [4.78, 5) is 5.61. The Morgan fingerprint density at radius 2 is 2.31 bits per heavy atom. The molecule has 0 saturated carbocycles. The molecule has 0 spiro atoms. The van der Waals surface area contributed by atoms with Gasteiger partial charge in [-0.1, -0.05) is 6.92 Å². The minimum absolute atomic E-state index is 1.08. The Labute approximate surface area is 82.0 Å². The van der Waals surface area contributed by atoms with E-state index in [1.165, 1.54) is 10.4 Å². The van der Waals surface area contributed by atoms with E-state index in [2.05, 4.69) is 30.1 Å². The fraction of sp³-hybridized carbons (Fsp3) is 0.300. The van der Waals surface area contributed by atoms with Gasteiger partial charge in [0.1, 0.15) is 0 Å². The van der Waals surface area contributed by atoms with Gasteiger partial charge in [-0.3, -0.25) is 0 Å². The molecule has 0 N–H and O–H groups in total. The third kappa shape index (κ3) is 1.56. The van der Waals surface area contributed by atoms with Crippen LogP contribution in [0.15, 0.2) is 29.4 Å². The maximum absolute atomic E-state index is 4.31. The van der Waals surface area contributed by atoms with Crippen molar-refractivity contribution >= 4 is 22.8 Å². The van der Waals surface area contributed by atoms with Crippen LogP contribution in [0.25, 0.3) is 11.0 Å². The molecule has 0 bridgehead atoms. The summed E-state index contributed by atoms with van der Waals surface area (Å²) in [5.41, 5.74) is 2.28. The SMILES string of the molecule is CCSc1ccc2c(c1)ncn2C. The number of fused-ring (bicyclic) bond motifs is 1. The normalized spacial score (nSPS) is 10.9. The van der Waals surface area contributed by atoms with Crippen LogP contribution in [0.2, 0.25) is 0 Å². The number of hydrogen-bond donors (Lipinski definition) is 0. The number of hydrogen-bond acceptors (Lipinski definition) is 2. The van der Waals surface area contributed by atoms with Crippen LogP contribution in [-0.2, 0) is 7.05 Å². The molecule has 1 aromatic carbocycles. The Bertz CT molecular complexity index is 420. The molecule has 0 aliphatic heterocycles. The van der Waals surface area contributed by atoms with Crippen molar-refractivity contribution in [3.63, 3.8) is 0 Å². The molecule has 2 rings (SSSR count). The number of thioether (sulfide) groups is 1. The molecule has 0 unspecified atom stereocenters.